The normalized spacial score (nSPS) is 10.8. The number of nitrogens with one attached hydrogen (secondary N) is 1. The molecule has 6 heteroatoms. The number of nitrogens with zero attached hydrogens (tertiary/aromatic N) is 3. The molecule has 1 aromatic carbocycles. The number of rotatable bonds is 6. The van der Waals surface area contributed by atoms with Crippen molar-refractivity contribution < 1.29 is 9.53 Å². The van der Waals surface area contributed by atoms with Gasteiger partial charge in [0.25, 0.3) is 5.91 Å². The minimum atomic E-state index is -0.143. The first-order valence-electron chi connectivity index (χ1n) is 9.45. The van der Waals surface area contributed by atoms with Gasteiger partial charge in [-0.1, -0.05) is 12.1 Å². The first kappa shape index (κ1) is 18.7. The van der Waals surface area contributed by atoms with Crippen LogP contribution in [0.15, 0.2) is 67.0 Å². The van der Waals surface area contributed by atoms with E-state index in [1.807, 2.05) is 61.0 Å². The fraction of sp³-hybridized carbons (Fsp3) is 0.174. The van der Waals surface area contributed by atoms with Gasteiger partial charge >= 0.3 is 0 Å². The molecule has 0 saturated heterocycles. The van der Waals surface area contributed by atoms with E-state index in [4.69, 9.17) is 4.74 Å². The molecule has 146 valence electrons. The van der Waals surface area contributed by atoms with Crippen LogP contribution in [0.2, 0.25) is 0 Å². The van der Waals surface area contributed by atoms with Gasteiger partial charge in [-0.2, -0.15) is 0 Å². The SMILES string of the molecule is Cc1ccc2nc(COc3ccc(C(=O)NCc4cccc(C)n4)cc3)cn2c1. The van der Waals surface area contributed by atoms with Crippen molar-refractivity contribution in [2.75, 3.05) is 0 Å². The van der Waals surface area contributed by atoms with Gasteiger partial charge in [0.2, 0.25) is 0 Å². The van der Waals surface area contributed by atoms with Gasteiger partial charge < -0.3 is 14.5 Å². The van der Waals surface area contributed by atoms with Crippen molar-refractivity contribution in [1.29, 1.82) is 0 Å². The molecule has 0 aliphatic heterocycles. The van der Waals surface area contributed by atoms with Crippen LogP contribution in [0.5, 0.6) is 5.75 Å². The Balaban J connectivity index is 1.33. The van der Waals surface area contributed by atoms with Crippen LogP contribution in [-0.2, 0) is 13.2 Å². The van der Waals surface area contributed by atoms with Crippen LogP contribution in [0.3, 0.4) is 0 Å². The zero-order valence-corrected chi connectivity index (χ0v) is 16.4. The Morgan fingerprint density at radius 3 is 2.59 bits per heavy atom. The van der Waals surface area contributed by atoms with Gasteiger partial charge in [0, 0.05) is 23.7 Å². The van der Waals surface area contributed by atoms with Crippen LogP contribution >= 0.6 is 0 Å². The van der Waals surface area contributed by atoms with Crippen LogP contribution < -0.4 is 10.1 Å². The molecule has 6 nitrogen and oxygen atoms in total. The molecule has 1 amide bonds. The summed E-state index contributed by atoms with van der Waals surface area (Å²) in [4.78, 5) is 21.3. The largest absolute Gasteiger partial charge is 0.487 e. The van der Waals surface area contributed by atoms with Crippen molar-refractivity contribution in [2.24, 2.45) is 0 Å². The number of aromatic nitrogens is 3. The molecule has 4 aromatic rings. The van der Waals surface area contributed by atoms with E-state index in [1.165, 1.54) is 5.56 Å². The van der Waals surface area contributed by atoms with E-state index >= 15 is 0 Å². The summed E-state index contributed by atoms with van der Waals surface area (Å²) in [6, 6.07) is 16.9. The summed E-state index contributed by atoms with van der Waals surface area (Å²) in [7, 11) is 0. The lowest BCUT2D eigenvalue weighted by Gasteiger charge is -2.07. The smallest absolute Gasteiger partial charge is 0.251 e. The number of hydrogen-bond acceptors (Lipinski definition) is 4. The number of fused-ring (bicyclic) bond motifs is 1. The predicted molar refractivity (Wildman–Crippen MR) is 111 cm³/mol. The van der Waals surface area contributed by atoms with E-state index in [0.29, 0.717) is 24.5 Å². The zero-order valence-electron chi connectivity index (χ0n) is 16.4. The third-order valence-electron chi connectivity index (χ3n) is 4.53. The lowest BCUT2D eigenvalue weighted by molar-refractivity contribution is 0.0950. The zero-order chi connectivity index (χ0) is 20.2. The number of hydrogen-bond donors (Lipinski definition) is 1. The van der Waals surface area contributed by atoms with Crippen molar-refractivity contribution in [3.8, 4) is 5.75 Å². The molecule has 0 radical (unpaired) electrons. The molecule has 0 spiro atoms. The number of carbonyl (C=O) groups is 1. The maximum Gasteiger partial charge on any atom is 0.251 e. The van der Waals surface area contributed by atoms with E-state index in [-0.39, 0.29) is 5.91 Å². The molecular formula is C23H22N4O2. The quantitative estimate of drug-likeness (QED) is 0.546. The summed E-state index contributed by atoms with van der Waals surface area (Å²) in [5, 5.41) is 2.88. The van der Waals surface area contributed by atoms with E-state index in [0.717, 1.165) is 22.7 Å². The van der Waals surface area contributed by atoms with Gasteiger partial charge in [0.05, 0.1) is 17.9 Å². The maximum atomic E-state index is 12.3. The molecule has 0 aliphatic rings. The van der Waals surface area contributed by atoms with Gasteiger partial charge in [-0.25, -0.2) is 4.98 Å². The first-order chi connectivity index (χ1) is 14.1. The third-order valence-corrected chi connectivity index (χ3v) is 4.53. The minimum absolute atomic E-state index is 0.143. The summed E-state index contributed by atoms with van der Waals surface area (Å²) in [6.07, 6.45) is 4.00. The van der Waals surface area contributed by atoms with Crippen LogP contribution in [0, 0.1) is 13.8 Å². The number of ether oxygens (including phenoxy) is 1. The Kier molecular flexibility index (Phi) is 5.24. The molecule has 1 N–H and O–H groups in total. The summed E-state index contributed by atoms with van der Waals surface area (Å²) in [5.74, 6) is 0.547. The van der Waals surface area contributed by atoms with Crippen LogP contribution in [0.1, 0.15) is 33.0 Å². The van der Waals surface area contributed by atoms with Crippen molar-refractivity contribution >= 4 is 11.6 Å². The summed E-state index contributed by atoms with van der Waals surface area (Å²) >= 11 is 0. The number of amides is 1. The Bertz CT molecular complexity index is 1150. The first-order valence-corrected chi connectivity index (χ1v) is 9.45. The van der Waals surface area contributed by atoms with Crippen LogP contribution in [0.4, 0.5) is 0 Å². The molecule has 4 rings (SSSR count). The van der Waals surface area contributed by atoms with Gasteiger partial charge in [0.1, 0.15) is 18.0 Å². The second kappa shape index (κ2) is 8.14. The number of aryl methyl sites for hydroxylation is 2. The van der Waals surface area contributed by atoms with Gasteiger partial charge in [-0.15, -0.1) is 0 Å². The molecule has 3 heterocycles. The second-order valence-corrected chi connectivity index (χ2v) is 6.97. The molecule has 29 heavy (non-hydrogen) atoms. The minimum Gasteiger partial charge on any atom is -0.487 e. The summed E-state index contributed by atoms with van der Waals surface area (Å²) < 4.78 is 7.80. The lowest BCUT2D eigenvalue weighted by Crippen LogP contribution is -2.23. The highest BCUT2D eigenvalue weighted by Crippen LogP contribution is 2.15. The molecular weight excluding hydrogens is 364 g/mol. The Morgan fingerprint density at radius 2 is 1.79 bits per heavy atom. The number of carbonyl (C=O) groups excluding carboxylic acids is 1. The third kappa shape index (κ3) is 4.60. The van der Waals surface area contributed by atoms with E-state index in [2.05, 4.69) is 15.3 Å². The van der Waals surface area contributed by atoms with E-state index in [9.17, 15) is 4.79 Å². The monoisotopic (exact) mass is 386 g/mol. The molecule has 0 bridgehead atoms. The van der Waals surface area contributed by atoms with Gasteiger partial charge in [-0.3, -0.25) is 9.78 Å². The van der Waals surface area contributed by atoms with Gasteiger partial charge in [0.15, 0.2) is 0 Å². The fourth-order valence-electron chi connectivity index (χ4n) is 3.06. The Hall–Kier alpha value is -3.67. The van der Waals surface area contributed by atoms with Crippen molar-refractivity contribution in [3.05, 3.63) is 95.2 Å². The summed E-state index contributed by atoms with van der Waals surface area (Å²) in [6.45, 7) is 4.74. The average Bonchev–Trinajstić information content (AvgIpc) is 3.13. The average molecular weight is 386 g/mol. The number of benzene rings is 1. The molecule has 0 fully saturated rings. The standard InChI is InChI=1S/C23H22N4O2/c1-16-6-11-22-26-20(14-27(22)13-16)15-29-21-9-7-18(8-10-21)23(28)24-12-19-5-3-4-17(2)25-19/h3-11,13-14H,12,15H2,1-2H3,(H,24,28). The van der Waals surface area contributed by atoms with Crippen LogP contribution in [-0.4, -0.2) is 20.3 Å². The van der Waals surface area contributed by atoms with E-state index < -0.39 is 0 Å². The predicted octanol–water partition coefficient (Wildman–Crippen LogP) is 3.86. The van der Waals surface area contributed by atoms with E-state index in [1.54, 1.807) is 24.3 Å². The Labute approximate surface area is 169 Å². The summed E-state index contributed by atoms with van der Waals surface area (Å²) in [5.41, 5.74) is 5.26. The molecule has 3 aromatic heterocycles. The van der Waals surface area contributed by atoms with Gasteiger partial charge in [-0.05, 0) is 61.9 Å². The number of pyridine rings is 2. The molecule has 0 atom stereocenters. The number of imidazole rings is 1. The van der Waals surface area contributed by atoms with Crippen LogP contribution in [0.25, 0.3) is 5.65 Å². The second-order valence-electron chi connectivity index (χ2n) is 6.97. The topological polar surface area (TPSA) is 68.5 Å². The highest BCUT2D eigenvalue weighted by atomic mass is 16.5. The highest BCUT2D eigenvalue weighted by Gasteiger charge is 2.07. The van der Waals surface area contributed by atoms with Crippen molar-refractivity contribution in [3.63, 3.8) is 0 Å². The maximum absolute atomic E-state index is 12.3. The lowest BCUT2D eigenvalue weighted by atomic mass is 10.2. The Morgan fingerprint density at radius 1 is 0.966 bits per heavy atom. The fourth-order valence-corrected chi connectivity index (χ4v) is 3.06. The highest BCUT2D eigenvalue weighted by molar-refractivity contribution is 5.94. The van der Waals surface area contributed by atoms with Crippen molar-refractivity contribution in [2.45, 2.75) is 27.0 Å². The molecule has 0 aliphatic carbocycles. The van der Waals surface area contributed by atoms with Crippen molar-refractivity contribution in [1.82, 2.24) is 19.7 Å². The molecule has 0 saturated carbocycles. The molecule has 0 unspecified atom stereocenters.